The van der Waals surface area contributed by atoms with E-state index in [2.05, 4.69) is 26.0 Å². The second-order valence-corrected chi connectivity index (χ2v) is 7.04. The first-order valence-electron chi connectivity index (χ1n) is 6.23. The summed E-state index contributed by atoms with van der Waals surface area (Å²) in [6, 6.07) is 1.94. The van der Waals surface area contributed by atoms with Crippen LogP contribution in [0.2, 0.25) is 0 Å². The van der Waals surface area contributed by atoms with Gasteiger partial charge in [0, 0.05) is 12.7 Å². The van der Waals surface area contributed by atoms with Crippen LogP contribution in [0.5, 0.6) is 0 Å². The van der Waals surface area contributed by atoms with Crippen LogP contribution in [0.15, 0.2) is 16.0 Å². The van der Waals surface area contributed by atoms with E-state index in [-0.39, 0.29) is 5.69 Å². The van der Waals surface area contributed by atoms with Crippen molar-refractivity contribution in [3.63, 3.8) is 0 Å². The predicted octanol–water partition coefficient (Wildman–Crippen LogP) is 3.38. The number of carboxylic acid groups (broad SMARTS) is 1. The van der Waals surface area contributed by atoms with Gasteiger partial charge in [-0.3, -0.25) is 4.68 Å². The number of carboxylic acids is 1. The number of thiazole rings is 1. The van der Waals surface area contributed by atoms with Gasteiger partial charge in [0.25, 0.3) is 0 Å². The van der Waals surface area contributed by atoms with Gasteiger partial charge in [-0.2, -0.15) is 5.10 Å². The Kier molecular flexibility index (Phi) is 3.71. The number of hydrogen-bond donors (Lipinski definition) is 1. The van der Waals surface area contributed by atoms with Crippen molar-refractivity contribution in [3.8, 4) is 0 Å². The van der Waals surface area contributed by atoms with E-state index in [1.807, 2.05) is 22.9 Å². The van der Waals surface area contributed by atoms with Crippen molar-refractivity contribution in [2.24, 2.45) is 5.92 Å². The van der Waals surface area contributed by atoms with Crippen molar-refractivity contribution in [2.45, 2.75) is 19.4 Å². The summed E-state index contributed by atoms with van der Waals surface area (Å²) in [5, 5.41) is 13.9. The number of halogens is 1. The molecule has 2 heterocycles. The van der Waals surface area contributed by atoms with E-state index in [0.717, 1.165) is 18.2 Å². The van der Waals surface area contributed by atoms with E-state index in [0.29, 0.717) is 8.79 Å². The zero-order valence-electron chi connectivity index (χ0n) is 10.5. The maximum Gasteiger partial charge on any atom is 0.356 e. The van der Waals surface area contributed by atoms with E-state index in [1.165, 1.54) is 24.2 Å². The lowest BCUT2D eigenvalue weighted by atomic mass is 10.3. The van der Waals surface area contributed by atoms with Crippen LogP contribution in [-0.2, 0) is 6.54 Å². The normalized spacial score (nSPS) is 15.1. The molecule has 1 saturated carbocycles. The molecule has 104 valence electrons. The molecule has 0 bridgehead atoms. The van der Waals surface area contributed by atoms with Crippen molar-refractivity contribution in [3.05, 3.63) is 32.4 Å². The molecule has 0 radical (unpaired) electrons. The van der Waals surface area contributed by atoms with Gasteiger partial charge in [0.05, 0.1) is 5.69 Å². The first-order valence-corrected chi connectivity index (χ1v) is 7.84. The Bertz CT molecular complexity index is 673. The van der Waals surface area contributed by atoms with E-state index in [4.69, 9.17) is 5.11 Å². The highest BCUT2D eigenvalue weighted by molar-refractivity contribution is 9.11. The highest BCUT2D eigenvalue weighted by Crippen LogP contribution is 2.31. The van der Waals surface area contributed by atoms with Gasteiger partial charge < -0.3 is 5.11 Å². The van der Waals surface area contributed by atoms with Gasteiger partial charge in [0.15, 0.2) is 5.69 Å². The van der Waals surface area contributed by atoms with Crippen LogP contribution < -0.4 is 0 Å². The molecule has 2 aromatic heterocycles. The van der Waals surface area contributed by atoms with Gasteiger partial charge in [0.1, 0.15) is 8.79 Å². The Morgan fingerprint density at radius 2 is 2.35 bits per heavy atom. The molecule has 20 heavy (non-hydrogen) atoms. The van der Waals surface area contributed by atoms with Crippen LogP contribution in [0.4, 0.5) is 0 Å². The Balaban J connectivity index is 1.78. The fourth-order valence-electron chi connectivity index (χ4n) is 1.86. The second-order valence-electron chi connectivity index (χ2n) is 4.69. The molecule has 7 heteroatoms. The summed E-state index contributed by atoms with van der Waals surface area (Å²) in [5.74, 6) is -0.263. The maximum atomic E-state index is 10.9. The van der Waals surface area contributed by atoms with Crippen LogP contribution >= 0.6 is 27.3 Å². The Hall–Kier alpha value is -1.47. The third-order valence-electron chi connectivity index (χ3n) is 3.08. The summed E-state index contributed by atoms with van der Waals surface area (Å²) in [6.07, 6.45) is 8.09. The standard InChI is InChI=1S/C13H12BrN3O2S/c14-12-11(13(18)19)16-10(20-12)4-3-9-5-6-15-17(9)7-8-1-2-8/h3-6,8H,1-2,7H2,(H,18,19)/b4-3+. The minimum atomic E-state index is -1.02. The van der Waals surface area contributed by atoms with Crippen LogP contribution in [0.1, 0.15) is 34.0 Å². The molecule has 0 saturated heterocycles. The molecule has 3 rings (SSSR count). The second kappa shape index (κ2) is 5.49. The highest BCUT2D eigenvalue weighted by Gasteiger charge is 2.22. The van der Waals surface area contributed by atoms with Crippen molar-refractivity contribution >= 4 is 45.4 Å². The van der Waals surface area contributed by atoms with Crippen molar-refractivity contribution in [2.75, 3.05) is 0 Å². The predicted molar refractivity (Wildman–Crippen MR) is 80.7 cm³/mol. The van der Waals surface area contributed by atoms with E-state index >= 15 is 0 Å². The Morgan fingerprint density at radius 1 is 1.55 bits per heavy atom. The molecule has 0 spiro atoms. The third-order valence-corrected chi connectivity index (χ3v) is 4.75. The molecular formula is C13H12BrN3O2S. The fraction of sp³-hybridized carbons (Fsp3) is 0.308. The topological polar surface area (TPSA) is 68.0 Å². The van der Waals surface area contributed by atoms with Crippen LogP contribution in [0, 0.1) is 5.92 Å². The van der Waals surface area contributed by atoms with Gasteiger partial charge >= 0.3 is 5.97 Å². The number of nitrogens with zero attached hydrogens (tertiary/aromatic N) is 3. The zero-order valence-corrected chi connectivity index (χ0v) is 12.9. The number of hydrogen-bond acceptors (Lipinski definition) is 4. The molecule has 5 nitrogen and oxygen atoms in total. The van der Waals surface area contributed by atoms with Gasteiger partial charge in [-0.1, -0.05) is 0 Å². The monoisotopic (exact) mass is 353 g/mol. The molecule has 0 amide bonds. The maximum absolute atomic E-state index is 10.9. The summed E-state index contributed by atoms with van der Waals surface area (Å²) >= 11 is 4.52. The molecule has 0 atom stereocenters. The molecule has 1 fully saturated rings. The summed E-state index contributed by atoms with van der Waals surface area (Å²) in [4.78, 5) is 15.0. The fourth-order valence-corrected chi connectivity index (χ4v) is 3.30. The Morgan fingerprint density at radius 3 is 3.00 bits per heavy atom. The van der Waals surface area contributed by atoms with Gasteiger partial charge in [-0.15, -0.1) is 11.3 Å². The van der Waals surface area contributed by atoms with Crippen molar-refractivity contribution in [1.82, 2.24) is 14.8 Å². The van der Waals surface area contributed by atoms with Crippen molar-refractivity contribution in [1.29, 1.82) is 0 Å². The first kappa shape index (κ1) is 13.5. The number of carbonyl (C=O) groups is 1. The lowest BCUT2D eigenvalue weighted by molar-refractivity contribution is 0.0690. The first-order chi connectivity index (χ1) is 9.63. The van der Waals surface area contributed by atoms with E-state index in [1.54, 1.807) is 6.20 Å². The van der Waals surface area contributed by atoms with Gasteiger partial charge in [0.2, 0.25) is 0 Å². The highest BCUT2D eigenvalue weighted by atomic mass is 79.9. The minimum absolute atomic E-state index is 0.0566. The summed E-state index contributed by atoms with van der Waals surface area (Å²) in [7, 11) is 0. The van der Waals surface area contributed by atoms with Crippen LogP contribution in [0.3, 0.4) is 0 Å². The molecule has 1 aliphatic carbocycles. The Labute approximate surface area is 128 Å². The zero-order chi connectivity index (χ0) is 14.1. The lowest BCUT2D eigenvalue weighted by Crippen LogP contribution is -2.03. The minimum Gasteiger partial charge on any atom is -0.476 e. The summed E-state index contributed by atoms with van der Waals surface area (Å²) in [5.41, 5.74) is 1.07. The molecule has 0 aromatic carbocycles. The quantitative estimate of drug-likeness (QED) is 0.894. The van der Waals surface area contributed by atoms with Gasteiger partial charge in [-0.25, -0.2) is 9.78 Å². The number of aromatic carboxylic acids is 1. The van der Waals surface area contributed by atoms with Crippen LogP contribution in [-0.4, -0.2) is 25.8 Å². The number of rotatable bonds is 5. The largest absolute Gasteiger partial charge is 0.476 e. The average molecular weight is 354 g/mol. The third kappa shape index (κ3) is 2.99. The average Bonchev–Trinajstić information content (AvgIpc) is 2.96. The molecule has 1 aliphatic rings. The van der Waals surface area contributed by atoms with E-state index < -0.39 is 5.97 Å². The molecule has 2 aromatic rings. The van der Waals surface area contributed by atoms with Gasteiger partial charge in [-0.05, 0) is 52.9 Å². The summed E-state index contributed by atoms with van der Waals surface area (Å²) in [6.45, 7) is 0.953. The van der Waals surface area contributed by atoms with E-state index in [9.17, 15) is 4.79 Å². The summed E-state index contributed by atoms with van der Waals surface area (Å²) < 4.78 is 2.52. The van der Waals surface area contributed by atoms with Crippen molar-refractivity contribution < 1.29 is 9.90 Å². The molecule has 0 aliphatic heterocycles. The number of aromatic nitrogens is 3. The smallest absolute Gasteiger partial charge is 0.356 e. The lowest BCUT2D eigenvalue weighted by Gasteiger charge is -2.01. The molecule has 1 N–H and O–H groups in total. The van der Waals surface area contributed by atoms with Crippen LogP contribution in [0.25, 0.3) is 12.2 Å². The molecular weight excluding hydrogens is 342 g/mol. The molecule has 0 unspecified atom stereocenters. The SMILES string of the molecule is O=C(O)c1nc(/C=C/c2ccnn2CC2CC2)sc1Br.